The maximum Gasteiger partial charge on any atom is 0.244 e. The molecule has 0 aromatic heterocycles. The fourth-order valence-corrected chi connectivity index (χ4v) is 2.48. The molecule has 116 valence electrons. The van der Waals surface area contributed by atoms with Crippen molar-refractivity contribution in [2.45, 2.75) is 6.42 Å². The van der Waals surface area contributed by atoms with Crippen molar-refractivity contribution in [3.63, 3.8) is 0 Å². The van der Waals surface area contributed by atoms with E-state index >= 15 is 0 Å². The number of carbonyl (C=O) groups is 1. The molecule has 3 aromatic rings. The van der Waals surface area contributed by atoms with Crippen LogP contribution in [0.3, 0.4) is 0 Å². The van der Waals surface area contributed by atoms with Gasteiger partial charge in [-0.2, -0.15) is 10.4 Å². The first-order valence-corrected chi connectivity index (χ1v) is 7.55. The van der Waals surface area contributed by atoms with E-state index in [2.05, 4.69) is 16.6 Å². The van der Waals surface area contributed by atoms with Crippen molar-refractivity contribution in [1.82, 2.24) is 5.43 Å². The molecular formula is C20H15N3O. The first-order chi connectivity index (χ1) is 11.8. The van der Waals surface area contributed by atoms with Crippen LogP contribution < -0.4 is 5.43 Å². The molecule has 4 nitrogen and oxygen atoms in total. The van der Waals surface area contributed by atoms with Crippen LogP contribution in [0.5, 0.6) is 0 Å². The highest BCUT2D eigenvalue weighted by atomic mass is 16.2. The zero-order valence-electron chi connectivity index (χ0n) is 12.9. The lowest BCUT2D eigenvalue weighted by atomic mass is 10.0. The third-order valence-corrected chi connectivity index (χ3v) is 3.67. The lowest BCUT2D eigenvalue weighted by molar-refractivity contribution is -0.120. The number of hydrazone groups is 1. The van der Waals surface area contributed by atoms with Crippen molar-refractivity contribution in [3.8, 4) is 6.07 Å². The number of nitrogens with zero attached hydrogens (tertiary/aromatic N) is 2. The van der Waals surface area contributed by atoms with Gasteiger partial charge in [-0.1, -0.05) is 54.6 Å². The third kappa shape index (κ3) is 3.65. The predicted octanol–water partition coefficient (Wildman–Crippen LogP) is 3.40. The van der Waals surface area contributed by atoms with Crippen LogP contribution >= 0.6 is 0 Å². The Balaban J connectivity index is 1.64. The number of hydrogen-bond donors (Lipinski definition) is 1. The summed E-state index contributed by atoms with van der Waals surface area (Å²) in [5, 5.41) is 14.9. The number of fused-ring (bicyclic) bond motifs is 1. The summed E-state index contributed by atoms with van der Waals surface area (Å²) in [4.78, 5) is 12.1. The van der Waals surface area contributed by atoms with Gasteiger partial charge < -0.3 is 0 Å². The Bertz CT molecular complexity index is 932. The summed E-state index contributed by atoms with van der Waals surface area (Å²) in [6.45, 7) is 0. The molecule has 4 heteroatoms. The maximum atomic E-state index is 12.1. The molecule has 0 aliphatic carbocycles. The van der Waals surface area contributed by atoms with Crippen LogP contribution in [0, 0.1) is 11.3 Å². The number of nitrogens with one attached hydrogen (secondary N) is 1. The van der Waals surface area contributed by atoms with Gasteiger partial charge in [0.1, 0.15) is 0 Å². The van der Waals surface area contributed by atoms with E-state index in [9.17, 15) is 4.79 Å². The van der Waals surface area contributed by atoms with Crippen LogP contribution in [0.1, 0.15) is 16.7 Å². The summed E-state index contributed by atoms with van der Waals surface area (Å²) in [6, 6.07) is 22.9. The first-order valence-electron chi connectivity index (χ1n) is 7.55. The minimum absolute atomic E-state index is 0.170. The van der Waals surface area contributed by atoms with Gasteiger partial charge >= 0.3 is 0 Å². The fourth-order valence-electron chi connectivity index (χ4n) is 2.48. The number of rotatable bonds is 4. The van der Waals surface area contributed by atoms with Gasteiger partial charge in [0.15, 0.2) is 0 Å². The Hall–Kier alpha value is -3.45. The molecule has 0 fully saturated rings. The van der Waals surface area contributed by atoms with Crippen LogP contribution in [-0.4, -0.2) is 12.1 Å². The first kappa shape index (κ1) is 15.4. The van der Waals surface area contributed by atoms with Crippen molar-refractivity contribution < 1.29 is 4.79 Å². The normalized spacial score (nSPS) is 10.6. The molecule has 0 spiro atoms. The van der Waals surface area contributed by atoms with E-state index < -0.39 is 0 Å². The van der Waals surface area contributed by atoms with E-state index in [0.29, 0.717) is 5.56 Å². The van der Waals surface area contributed by atoms with E-state index in [1.54, 1.807) is 30.5 Å². The molecule has 0 saturated heterocycles. The van der Waals surface area contributed by atoms with Crippen molar-refractivity contribution in [2.75, 3.05) is 0 Å². The minimum atomic E-state index is -0.170. The average Bonchev–Trinajstić information content (AvgIpc) is 2.63. The second-order valence-corrected chi connectivity index (χ2v) is 5.34. The highest BCUT2D eigenvalue weighted by Gasteiger charge is 2.05. The zero-order valence-corrected chi connectivity index (χ0v) is 12.9. The smallest absolute Gasteiger partial charge is 0.244 e. The molecule has 3 aromatic carbocycles. The molecule has 0 bridgehead atoms. The fraction of sp³-hybridized carbons (Fsp3) is 0.0500. The molecule has 1 amide bonds. The summed E-state index contributed by atoms with van der Waals surface area (Å²) in [5.41, 5.74) is 4.92. The van der Waals surface area contributed by atoms with Gasteiger partial charge in [-0.25, -0.2) is 5.43 Å². The van der Waals surface area contributed by atoms with Gasteiger partial charge in [-0.15, -0.1) is 0 Å². The molecule has 3 rings (SSSR count). The van der Waals surface area contributed by atoms with Gasteiger partial charge in [-0.3, -0.25) is 4.79 Å². The molecule has 0 atom stereocenters. The van der Waals surface area contributed by atoms with E-state index in [0.717, 1.165) is 21.9 Å². The Morgan fingerprint density at radius 1 is 1.04 bits per heavy atom. The topological polar surface area (TPSA) is 65.2 Å². The van der Waals surface area contributed by atoms with Gasteiger partial charge in [0.05, 0.1) is 24.3 Å². The largest absolute Gasteiger partial charge is 0.273 e. The van der Waals surface area contributed by atoms with Crippen LogP contribution in [0.2, 0.25) is 0 Å². The van der Waals surface area contributed by atoms with Crippen molar-refractivity contribution in [1.29, 1.82) is 5.26 Å². The molecular weight excluding hydrogens is 298 g/mol. The molecule has 0 radical (unpaired) electrons. The SMILES string of the molecule is N#Cc1ccc(/C=N\NC(=O)Cc2cccc3ccccc23)cc1. The molecule has 0 aliphatic rings. The average molecular weight is 313 g/mol. The van der Waals surface area contributed by atoms with E-state index in [-0.39, 0.29) is 12.3 Å². The number of nitriles is 1. The summed E-state index contributed by atoms with van der Waals surface area (Å²) in [5.74, 6) is -0.170. The lowest BCUT2D eigenvalue weighted by Crippen LogP contribution is -2.19. The van der Waals surface area contributed by atoms with E-state index in [1.165, 1.54) is 0 Å². The van der Waals surface area contributed by atoms with Crippen molar-refractivity contribution in [3.05, 3.63) is 83.4 Å². The monoisotopic (exact) mass is 313 g/mol. The summed E-state index contributed by atoms with van der Waals surface area (Å²) >= 11 is 0. The molecule has 1 N–H and O–H groups in total. The van der Waals surface area contributed by atoms with Gasteiger partial charge in [0.2, 0.25) is 5.91 Å². The van der Waals surface area contributed by atoms with Crippen molar-refractivity contribution in [2.24, 2.45) is 5.10 Å². The number of hydrogen-bond acceptors (Lipinski definition) is 3. The highest BCUT2D eigenvalue weighted by Crippen LogP contribution is 2.18. The summed E-state index contributed by atoms with van der Waals surface area (Å²) < 4.78 is 0. The van der Waals surface area contributed by atoms with Gasteiger partial charge in [-0.05, 0) is 34.0 Å². The Morgan fingerprint density at radius 2 is 1.79 bits per heavy atom. The number of carbonyl (C=O) groups excluding carboxylic acids is 1. The zero-order chi connectivity index (χ0) is 16.8. The van der Waals surface area contributed by atoms with Gasteiger partial charge in [0, 0.05) is 0 Å². The second-order valence-electron chi connectivity index (χ2n) is 5.34. The Labute approximate surface area is 140 Å². The van der Waals surface area contributed by atoms with E-state index in [1.807, 2.05) is 42.5 Å². The summed E-state index contributed by atoms with van der Waals surface area (Å²) in [7, 11) is 0. The quantitative estimate of drug-likeness (QED) is 0.592. The Morgan fingerprint density at radius 3 is 2.58 bits per heavy atom. The molecule has 0 unspecified atom stereocenters. The van der Waals surface area contributed by atoms with Crippen LogP contribution in [0.25, 0.3) is 10.8 Å². The summed E-state index contributed by atoms with van der Waals surface area (Å²) in [6.07, 6.45) is 1.83. The third-order valence-electron chi connectivity index (χ3n) is 3.67. The van der Waals surface area contributed by atoms with Crippen LogP contribution in [0.15, 0.2) is 71.8 Å². The standard InChI is InChI=1S/C20H15N3O/c21-13-15-8-10-16(11-9-15)14-22-23-20(24)12-18-6-3-5-17-4-1-2-7-19(17)18/h1-11,14H,12H2,(H,23,24)/b22-14-. The molecule has 24 heavy (non-hydrogen) atoms. The van der Waals surface area contributed by atoms with Crippen LogP contribution in [0.4, 0.5) is 0 Å². The molecule has 0 heterocycles. The van der Waals surface area contributed by atoms with Crippen LogP contribution in [-0.2, 0) is 11.2 Å². The molecule has 0 saturated carbocycles. The van der Waals surface area contributed by atoms with E-state index in [4.69, 9.17) is 5.26 Å². The van der Waals surface area contributed by atoms with Crippen molar-refractivity contribution >= 4 is 22.9 Å². The molecule has 0 aliphatic heterocycles. The van der Waals surface area contributed by atoms with Gasteiger partial charge in [0.25, 0.3) is 0 Å². The minimum Gasteiger partial charge on any atom is -0.273 e. The Kier molecular flexibility index (Phi) is 4.64. The maximum absolute atomic E-state index is 12.1. The lowest BCUT2D eigenvalue weighted by Gasteiger charge is -2.05. The second kappa shape index (κ2) is 7.21. The highest BCUT2D eigenvalue weighted by molar-refractivity contribution is 5.90. The number of benzene rings is 3. The number of amides is 1. The predicted molar refractivity (Wildman–Crippen MR) is 94.5 cm³/mol.